The topological polar surface area (TPSA) is 38.3 Å². The number of hydrogen-bond acceptors (Lipinski definition) is 3. The molecule has 0 radical (unpaired) electrons. The fourth-order valence-electron chi connectivity index (χ4n) is 1.25. The van der Waals surface area contributed by atoms with E-state index in [-0.39, 0.29) is 12.0 Å². The van der Waals surface area contributed by atoms with Gasteiger partial charge in [-0.1, -0.05) is 19.1 Å². The van der Waals surface area contributed by atoms with Crippen LogP contribution in [0.4, 0.5) is 0 Å². The fourth-order valence-corrected chi connectivity index (χ4v) is 1.51. The third-order valence-corrected chi connectivity index (χ3v) is 2.66. The van der Waals surface area contributed by atoms with Gasteiger partial charge in [-0.15, -0.1) is 0 Å². The zero-order valence-electron chi connectivity index (χ0n) is 7.29. The van der Waals surface area contributed by atoms with Crippen LogP contribution in [0.2, 0.25) is 0 Å². The van der Waals surface area contributed by atoms with Gasteiger partial charge in [0.1, 0.15) is 6.04 Å². The van der Waals surface area contributed by atoms with Crippen LogP contribution >= 0.6 is 12.2 Å². The van der Waals surface area contributed by atoms with Crippen LogP contribution in [0.1, 0.15) is 19.8 Å². The van der Waals surface area contributed by atoms with E-state index in [2.05, 4.69) is 17.0 Å². The molecule has 1 aliphatic heterocycles. The average molecular weight is 187 g/mol. The van der Waals surface area contributed by atoms with E-state index in [1.54, 1.807) is 0 Å². The Balaban J connectivity index is 2.51. The van der Waals surface area contributed by atoms with Gasteiger partial charge in [0.25, 0.3) is 0 Å². The molecule has 0 aromatic rings. The lowest BCUT2D eigenvalue weighted by atomic mass is 9.96. The second-order valence-electron chi connectivity index (χ2n) is 3.06. The van der Waals surface area contributed by atoms with Crippen LogP contribution in [-0.2, 0) is 9.53 Å². The molecule has 0 amide bonds. The first kappa shape index (κ1) is 9.45. The molecule has 0 saturated carbocycles. The number of hydrogen-bond donors (Lipinski definition) is 1. The molecular formula is C8H13NO2S. The predicted octanol–water partition coefficient (Wildman–Crippen LogP) is 0.875. The second kappa shape index (κ2) is 3.85. The Morgan fingerprint density at radius 2 is 2.33 bits per heavy atom. The van der Waals surface area contributed by atoms with E-state index in [9.17, 15) is 4.79 Å². The molecule has 68 valence electrons. The number of thiocarbonyl (C=S) groups is 1. The minimum absolute atomic E-state index is 0.218. The minimum atomic E-state index is -0.223. The number of nitrogens with one attached hydrogen (secondary N) is 1. The molecule has 2 atom stereocenters. The van der Waals surface area contributed by atoms with Gasteiger partial charge in [0.2, 0.25) is 0 Å². The summed E-state index contributed by atoms with van der Waals surface area (Å²) in [7, 11) is 1.39. The van der Waals surface area contributed by atoms with Crippen molar-refractivity contribution in [3.8, 4) is 0 Å². The van der Waals surface area contributed by atoms with Crippen molar-refractivity contribution >= 4 is 23.2 Å². The van der Waals surface area contributed by atoms with Crippen molar-refractivity contribution in [1.29, 1.82) is 0 Å². The number of carbonyl (C=O) groups excluding carboxylic acids is 1. The zero-order valence-corrected chi connectivity index (χ0v) is 8.11. The van der Waals surface area contributed by atoms with E-state index in [0.717, 1.165) is 17.8 Å². The molecular weight excluding hydrogens is 174 g/mol. The lowest BCUT2D eigenvalue weighted by molar-refractivity contribution is -0.143. The van der Waals surface area contributed by atoms with Crippen molar-refractivity contribution in [2.75, 3.05) is 7.11 Å². The number of rotatable bonds is 1. The van der Waals surface area contributed by atoms with Crippen LogP contribution in [0.3, 0.4) is 0 Å². The Morgan fingerprint density at radius 3 is 2.83 bits per heavy atom. The summed E-state index contributed by atoms with van der Waals surface area (Å²) in [5, 5.41) is 2.97. The second-order valence-corrected chi connectivity index (χ2v) is 3.50. The summed E-state index contributed by atoms with van der Waals surface area (Å²) in [5.41, 5.74) is 0. The van der Waals surface area contributed by atoms with E-state index in [4.69, 9.17) is 12.2 Å². The Kier molecular flexibility index (Phi) is 3.03. The van der Waals surface area contributed by atoms with Gasteiger partial charge < -0.3 is 10.1 Å². The smallest absolute Gasteiger partial charge is 0.328 e. The van der Waals surface area contributed by atoms with Crippen molar-refractivity contribution < 1.29 is 9.53 Å². The fraction of sp³-hybridized carbons (Fsp3) is 0.750. The number of carbonyl (C=O) groups is 1. The summed E-state index contributed by atoms with van der Waals surface area (Å²) in [6, 6.07) is -0.223. The summed E-state index contributed by atoms with van der Waals surface area (Å²) in [5.74, 6) is 0.171. The van der Waals surface area contributed by atoms with Crippen molar-refractivity contribution in [3.63, 3.8) is 0 Å². The molecule has 4 heteroatoms. The molecule has 1 saturated heterocycles. The maximum atomic E-state index is 11.1. The van der Waals surface area contributed by atoms with Crippen molar-refractivity contribution in [2.24, 2.45) is 5.92 Å². The maximum Gasteiger partial charge on any atom is 0.328 e. The van der Waals surface area contributed by atoms with Crippen molar-refractivity contribution in [3.05, 3.63) is 0 Å². The van der Waals surface area contributed by atoms with Crippen molar-refractivity contribution in [2.45, 2.75) is 25.8 Å². The molecule has 0 aromatic heterocycles. The monoisotopic (exact) mass is 187 g/mol. The maximum absolute atomic E-state index is 11.1. The lowest BCUT2D eigenvalue weighted by Gasteiger charge is -2.27. The molecule has 12 heavy (non-hydrogen) atoms. The lowest BCUT2D eigenvalue weighted by Crippen LogP contribution is -2.46. The van der Waals surface area contributed by atoms with E-state index < -0.39 is 0 Å². The zero-order chi connectivity index (χ0) is 9.14. The van der Waals surface area contributed by atoms with Gasteiger partial charge in [-0.2, -0.15) is 0 Å². The molecule has 3 nitrogen and oxygen atoms in total. The molecule has 2 unspecified atom stereocenters. The Bertz CT molecular complexity index is 203. The standard InChI is InChI=1S/C8H13NO2S/c1-5-3-4-6(8(10)11-2)9-7(5)12/h5-6H,3-4H2,1-2H3,(H,9,12). The molecule has 1 fully saturated rings. The van der Waals surface area contributed by atoms with E-state index in [1.807, 2.05) is 0 Å². The largest absolute Gasteiger partial charge is 0.467 e. The highest BCUT2D eigenvalue weighted by molar-refractivity contribution is 7.80. The molecule has 0 bridgehead atoms. The normalized spacial score (nSPS) is 29.3. The van der Waals surface area contributed by atoms with Crippen LogP contribution in [0.15, 0.2) is 0 Å². The summed E-state index contributed by atoms with van der Waals surface area (Å²) >= 11 is 5.05. The molecule has 1 aliphatic rings. The predicted molar refractivity (Wildman–Crippen MR) is 49.9 cm³/mol. The third kappa shape index (κ3) is 1.94. The number of piperidine rings is 1. The Labute approximate surface area is 77.5 Å². The average Bonchev–Trinajstić information content (AvgIpc) is 2.08. The van der Waals surface area contributed by atoms with Crippen LogP contribution in [-0.4, -0.2) is 24.1 Å². The van der Waals surface area contributed by atoms with E-state index >= 15 is 0 Å². The van der Waals surface area contributed by atoms with Crippen molar-refractivity contribution in [1.82, 2.24) is 5.32 Å². The summed E-state index contributed by atoms with van der Waals surface area (Å²) in [6.45, 7) is 2.06. The first-order valence-electron chi connectivity index (χ1n) is 4.03. The first-order chi connectivity index (χ1) is 5.65. The quantitative estimate of drug-likeness (QED) is 0.488. The molecule has 0 aromatic carbocycles. The SMILES string of the molecule is COC(=O)C1CCC(C)C(=S)N1. The summed E-state index contributed by atoms with van der Waals surface area (Å²) < 4.78 is 4.61. The first-order valence-corrected chi connectivity index (χ1v) is 4.44. The highest BCUT2D eigenvalue weighted by Gasteiger charge is 2.27. The number of ether oxygens (including phenoxy) is 1. The van der Waals surface area contributed by atoms with Crippen LogP contribution in [0.5, 0.6) is 0 Å². The highest BCUT2D eigenvalue weighted by atomic mass is 32.1. The van der Waals surface area contributed by atoms with Gasteiger partial charge in [0.15, 0.2) is 0 Å². The van der Waals surface area contributed by atoms with Crippen LogP contribution in [0.25, 0.3) is 0 Å². The van der Waals surface area contributed by atoms with E-state index in [0.29, 0.717) is 5.92 Å². The van der Waals surface area contributed by atoms with Gasteiger partial charge >= 0.3 is 5.97 Å². The molecule has 1 heterocycles. The molecule has 0 spiro atoms. The highest BCUT2D eigenvalue weighted by Crippen LogP contribution is 2.16. The van der Waals surface area contributed by atoms with Crippen LogP contribution in [0, 0.1) is 5.92 Å². The molecule has 1 rings (SSSR count). The Hall–Kier alpha value is -0.640. The van der Waals surface area contributed by atoms with Gasteiger partial charge in [0, 0.05) is 5.92 Å². The number of methoxy groups -OCH3 is 1. The minimum Gasteiger partial charge on any atom is -0.467 e. The van der Waals surface area contributed by atoms with Crippen LogP contribution < -0.4 is 5.32 Å². The van der Waals surface area contributed by atoms with Gasteiger partial charge in [-0.25, -0.2) is 4.79 Å². The third-order valence-electron chi connectivity index (χ3n) is 2.14. The molecule has 1 N–H and O–H groups in total. The number of esters is 1. The molecule has 0 aliphatic carbocycles. The van der Waals surface area contributed by atoms with E-state index in [1.165, 1.54) is 7.11 Å². The van der Waals surface area contributed by atoms with Gasteiger partial charge in [0.05, 0.1) is 12.1 Å². The summed E-state index contributed by atoms with van der Waals surface area (Å²) in [4.78, 5) is 11.8. The van der Waals surface area contributed by atoms with Gasteiger partial charge in [-0.05, 0) is 12.8 Å². The summed E-state index contributed by atoms with van der Waals surface area (Å²) in [6.07, 6.45) is 1.78. The Morgan fingerprint density at radius 1 is 1.67 bits per heavy atom. The van der Waals surface area contributed by atoms with Gasteiger partial charge in [-0.3, -0.25) is 0 Å².